The van der Waals surface area contributed by atoms with Crippen molar-refractivity contribution in [3.8, 4) is 0 Å². The lowest BCUT2D eigenvalue weighted by molar-refractivity contribution is -0.138. The van der Waals surface area contributed by atoms with Gasteiger partial charge in [-0.1, -0.05) is 6.07 Å². The summed E-state index contributed by atoms with van der Waals surface area (Å²) < 4.78 is 0. The summed E-state index contributed by atoms with van der Waals surface area (Å²) in [5.74, 6) is -2.15. The number of aromatic carboxylic acids is 1. The predicted octanol–water partition coefficient (Wildman–Crippen LogP) is 1.07. The lowest BCUT2D eigenvalue weighted by atomic mass is 10.0. The second-order valence-corrected chi connectivity index (χ2v) is 4.59. The molecule has 0 amide bonds. The fourth-order valence-corrected chi connectivity index (χ4v) is 2.30. The van der Waals surface area contributed by atoms with Gasteiger partial charge >= 0.3 is 11.9 Å². The Balaban J connectivity index is 2.46. The molecular weight excluding hydrogens is 248 g/mol. The van der Waals surface area contributed by atoms with E-state index in [2.05, 4.69) is 0 Å². The maximum Gasteiger partial charge on any atom is 0.335 e. The summed E-state index contributed by atoms with van der Waals surface area (Å²) in [6.07, 6.45) is 2.03. The van der Waals surface area contributed by atoms with Crippen LogP contribution < -0.4 is 10.6 Å². The number of rotatable bonds is 4. The van der Waals surface area contributed by atoms with Crippen molar-refractivity contribution in [1.82, 2.24) is 0 Å². The van der Waals surface area contributed by atoms with Crippen molar-refractivity contribution in [2.45, 2.75) is 18.9 Å². The minimum absolute atomic E-state index is 0.142. The first-order valence-corrected chi connectivity index (χ1v) is 6.11. The van der Waals surface area contributed by atoms with Crippen LogP contribution in [0.3, 0.4) is 0 Å². The van der Waals surface area contributed by atoms with Gasteiger partial charge in [0.15, 0.2) is 0 Å². The smallest absolute Gasteiger partial charge is 0.335 e. The monoisotopic (exact) mass is 264 g/mol. The Kier molecular flexibility index (Phi) is 3.71. The van der Waals surface area contributed by atoms with Crippen LogP contribution >= 0.6 is 0 Å². The van der Waals surface area contributed by atoms with E-state index in [1.54, 1.807) is 0 Å². The SMILES string of the molecule is NC(C(=O)O)c1ccc(C(=O)O)cc1N1CCCC1. The Hall–Kier alpha value is -2.08. The van der Waals surface area contributed by atoms with E-state index in [1.165, 1.54) is 18.2 Å². The average Bonchev–Trinajstić information content (AvgIpc) is 2.90. The van der Waals surface area contributed by atoms with Gasteiger partial charge in [0.25, 0.3) is 0 Å². The molecule has 6 nitrogen and oxygen atoms in total. The topological polar surface area (TPSA) is 104 Å². The van der Waals surface area contributed by atoms with E-state index >= 15 is 0 Å². The van der Waals surface area contributed by atoms with Gasteiger partial charge in [0.2, 0.25) is 0 Å². The molecule has 1 aliphatic heterocycles. The largest absolute Gasteiger partial charge is 0.480 e. The number of nitrogens with two attached hydrogens (primary N) is 1. The van der Waals surface area contributed by atoms with Crippen LogP contribution in [0.15, 0.2) is 18.2 Å². The van der Waals surface area contributed by atoms with Gasteiger partial charge in [-0.2, -0.15) is 0 Å². The molecule has 1 heterocycles. The molecule has 1 aromatic carbocycles. The van der Waals surface area contributed by atoms with Crippen LogP contribution in [0.2, 0.25) is 0 Å². The molecule has 0 radical (unpaired) electrons. The summed E-state index contributed by atoms with van der Waals surface area (Å²) in [7, 11) is 0. The van der Waals surface area contributed by atoms with Crippen molar-refractivity contribution >= 4 is 17.6 Å². The zero-order valence-corrected chi connectivity index (χ0v) is 10.4. The summed E-state index contributed by atoms with van der Waals surface area (Å²) in [6, 6.07) is 3.25. The number of aliphatic carboxylic acids is 1. The molecule has 0 aliphatic carbocycles. The maximum atomic E-state index is 11.0. The van der Waals surface area contributed by atoms with Gasteiger partial charge in [-0.3, -0.25) is 4.79 Å². The second-order valence-electron chi connectivity index (χ2n) is 4.59. The number of benzene rings is 1. The quantitative estimate of drug-likeness (QED) is 0.751. The van der Waals surface area contributed by atoms with Gasteiger partial charge in [0.1, 0.15) is 6.04 Å². The molecule has 1 atom stereocenters. The van der Waals surface area contributed by atoms with Crippen molar-refractivity contribution < 1.29 is 19.8 Å². The molecule has 102 valence electrons. The first kappa shape index (κ1) is 13.4. The first-order chi connectivity index (χ1) is 9.00. The number of hydrogen-bond acceptors (Lipinski definition) is 4. The van der Waals surface area contributed by atoms with Crippen LogP contribution in [0, 0.1) is 0 Å². The summed E-state index contributed by atoms with van der Waals surface area (Å²) in [5.41, 5.74) is 6.88. The summed E-state index contributed by atoms with van der Waals surface area (Å²) >= 11 is 0. The van der Waals surface area contributed by atoms with E-state index in [9.17, 15) is 9.59 Å². The Morgan fingerprint density at radius 1 is 1.21 bits per heavy atom. The zero-order valence-electron chi connectivity index (χ0n) is 10.4. The fourth-order valence-electron chi connectivity index (χ4n) is 2.30. The molecule has 1 saturated heterocycles. The number of anilines is 1. The Labute approximate surface area is 110 Å². The van der Waals surface area contributed by atoms with E-state index in [-0.39, 0.29) is 5.56 Å². The highest BCUT2D eigenvalue weighted by Gasteiger charge is 2.24. The predicted molar refractivity (Wildman–Crippen MR) is 69.4 cm³/mol. The van der Waals surface area contributed by atoms with E-state index in [0.717, 1.165) is 25.9 Å². The second kappa shape index (κ2) is 5.27. The molecule has 4 N–H and O–H groups in total. The van der Waals surface area contributed by atoms with Gasteiger partial charge < -0.3 is 20.8 Å². The number of carboxylic acids is 2. The Morgan fingerprint density at radius 2 is 1.84 bits per heavy atom. The minimum Gasteiger partial charge on any atom is -0.480 e. The Morgan fingerprint density at radius 3 is 2.37 bits per heavy atom. The molecule has 6 heteroatoms. The highest BCUT2D eigenvalue weighted by Crippen LogP contribution is 2.29. The van der Waals surface area contributed by atoms with Gasteiger partial charge in [0.05, 0.1) is 5.56 Å². The molecule has 0 saturated carbocycles. The summed E-state index contributed by atoms with van der Waals surface area (Å²) in [4.78, 5) is 24.0. The van der Waals surface area contributed by atoms with E-state index < -0.39 is 18.0 Å². The number of carbonyl (C=O) groups is 2. The van der Waals surface area contributed by atoms with Crippen molar-refractivity contribution in [2.24, 2.45) is 5.73 Å². The van der Waals surface area contributed by atoms with Gasteiger partial charge in [-0.15, -0.1) is 0 Å². The molecule has 1 aromatic rings. The third kappa shape index (κ3) is 2.68. The summed E-state index contributed by atoms with van der Waals surface area (Å²) in [5, 5.41) is 18.0. The molecule has 1 unspecified atom stereocenters. The maximum absolute atomic E-state index is 11.0. The first-order valence-electron chi connectivity index (χ1n) is 6.11. The highest BCUT2D eigenvalue weighted by molar-refractivity contribution is 5.90. The molecule has 1 fully saturated rings. The molecular formula is C13H16N2O4. The van der Waals surface area contributed by atoms with E-state index in [1.807, 2.05) is 4.90 Å². The van der Waals surface area contributed by atoms with E-state index in [0.29, 0.717) is 11.3 Å². The van der Waals surface area contributed by atoms with E-state index in [4.69, 9.17) is 15.9 Å². The highest BCUT2D eigenvalue weighted by atomic mass is 16.4. The standard InChI is InChI=1S/C13H16N2O4/c14-11(13(18)19)9-4-3-8(12(16)17)7-10(9)15-5-1-2-6-15/h3-4,7,11H,1-2,5-6,14H2,(H,16,17)(H,18,19). The van der Waals surface area contributed by atoms with Crippen LogP contribution in [-0.2, 0) is 4.79 Å². The lowest BCUT2D eigenvalue weighted by Crippen LogP contribution is -2.26. The molecule has 0 bridgehead atoms. The van der Waals surface area contributed by atoms with Gasteiger partial charge in [-0.05, 0) is 25.0 Å². The third-order valence-corrected chi connectivity index (χ3v) is 3.33. The van der Waals surface area contributed by atoms with Crippen molar-refractivity contribution in [3.05, 3.63) is 29.3 Å². The molecule has 1 aliphatic rings. The van der Waals surface area contributed by atoms with Crippen LogP contribution in [0.1, 0.15) is 34.8 Å². The van der Waals surface area contributed by atoms with Gasteiger partial charge in [0, 0.05) is 24.3 Å². The molecule has 0 spiro atoms. The van der Waals surface area contributed by atoms with Crippen LogP contribution in [-0.4, -0.2) is 35.2 Å². The van der Waals surface area contributed by atoms with Crippen molar-refractivity contribution in [1.29, 1.82) is 0 Å². The normalized spacial score (nSPS) is 16.4. The lowest BCUT2D eigenvalue weighted by Gasteiger charge is -2.23. The Bertz CT molecular complexity index is 509. The number of hydrogen-bond donors (Lipinski definition) is 3. The summed E-state index contributed by atoms with van der Waals surface area (Å²) in [6.45, 7) is 1.59. The molecule has 19 heavy (non-hydrogen) atoms. The molecule has 0 aromatic heterocycles. The third-order valence-electron chi connectivity index (χ3n) is 3.33. The molecule has 2 rings (SSSR count). The van der Waals surface area contributed by atoms with Crippen molar-refractivity contribution in [3.63, 3.8) is 0 Å². The van der Waals surface area contributed by atoms with Crippen LogP contribution in [0.5, 0.6) is 0 Å². The van der Waals surface area contributed by atoms with Gasteiger partial charge in [-0.25, -0.2) is 4.79 Å². The number of carboxylic acid groups (broad SMARTS) is 2. The fraction of sp³-hybridized carbons (Fsp3) is 0.385. The number of nitrogens with zero attached hydrogens (tertiary/aromatic N) is 1. The average molecular weight is 264 g/mol. The minimum atomic E-state index is -1.14. The van der Waals surface area contributed by atoms with Crippen LogP contribution in [0.4, 0.5) is 5.69 Å². The van der Waals surface area contributed by atoms with Crippen molar-refractivity contribution in [2.75, 3.05) is 18.0 Å². The zero-order chi connectivity index (χ0) is 14.0. The van der Waals surface area contributed by atoms with Crippen LogP contribution in [0.25, 0.3) is 0 Å².